The van der Waals surface area contributed by atoms with Crippen LogP contribution < -0.4 is 14.2 Å². The van der Waals surface area contributed by atoms with Gasteiger partial charge in [0.2, 0.25) is 5.78 Å². The van der Waals surface area contributed by atoms with E-state index in [1.165, 1.54) is 0 Å². The Balaban J connectivity index is 1.54. The molecule has 0 fully saturated rings. The highest BCUT2D eigenvalue weighted by molar-refractivity contribution is 6.14. The van der Waals surface area contributed by atoms with E-state index in [0.717, 1.165) is 11.1 Å². The number of Topliss-reactive ketones (excluding diaryl/α,β-unsaturated/α-hetero) is 1. The minimum atomic E-state index is -0.471. The number of benzene rings is 3. The van der Waals surface area contributed by atoms with E-state index < -0.39 is 5.97 Å². The lowest BCUT2D eigenvalue weighted by Gasteiger charge is -2.06. The van der Waals surface area contributed by atoms with E-state index in [9.17, 15) is 9.59 Å². The number of rotatable bonds is 4. The molecule has 4 rings (SSSR count). The Labute approximate surface area is 168 Å². The van der Waals surface area contributed by atoms with Crippen LogP contribution in [0.15, 0.2) is 72.5 Å². The highest BCUT2D eigenvalue weighted by Gasteiger charge is 2.28. The monoisotopic (exact) mass is 386 g/mol. The zero-order valence-electron chi connectivity index (χ0n) is 16.0. The van der Waals surface area contributed by atoms with Gasteiger partial charge in [-0.1, -0.05) is 29.8 Å². The zero-order valence-corrected chi connectivity index (χ0v) is 16.0. The summed E-state index contributed by atoms with van der Waals surface area (Å²) in [7, 11) is 1.58. The number of fused-ring (bicyclic) bond motifs is 1. The molecule has 3 aromatic rings. The van der Waals surface area contributed by atoms with Crippen LogP contribution in [0.3, 0.4) is 0 Å². The molecule has 0 saturated heterocycles. The van der Waals surface area contributed by atoms with Crippen LogP contribution in [0.5, 0.6) is 17.2 Å². The quantitative estimate of drug-likeness (QED) is 0.365. The molecule has 0 amide bonds. The van der Waals surface area contributed by atoms with Gasteiger partial charge in [0.15, 0.2) is 5.76 Å². The number of hydrogen-bond donors (Lipinski definition) is 0. The normalized spacial score (nSPS) is 13.7. The van der Waals surface area contributed by atoms with Crippen LogP contribution in [0, 0.1) is 6.92 Å². The smallest absolute Gasteiger partial charge is 0.343 e. The maximum atomic E-state index is 12.6. The Morgan fingerprint density at radius 1 is 0.966 bits per heavy atom. The summed E-state index contributed by atoms with van der Waals surface area (Å²) in [6, 6.07) is 19.1. The summed E-state index contributed by atoms with van der Waals surface area (Å²) in [5, 5.41) is 0. The minimum Gasteiger partial charge on any atom is -0.497 e. The van der Waals surface area contributed by atoms with Gasteiger partial charge in [-0.05, 0) is 55.0 Å². The van der Waals surface area contributed by atoms with Crippen molar-refractivity contribution in [3.63, 3.8) is 0 Å². The average molecular weight is 386 g/mol. The molecule has 29 heavy (non-hydrogen) atoms. The van der Waals surface area contributed by atoms with Crippen LogP contribution >= 0.6 is 0 Å². The van der Waals surface area contributed by atoms with Gasteiger partial charge >= 0.3 is 5.97 Å². The molecule has 0 N–H and O–H groups in total. The molecular formula is C24H18O5. The summed E-state index contributed by atoms with van der Waals surface area (Å²) >= 11 is 0. The molecule has 144 valence electrons. The topological polar surface area (TPSA) is 61.8 Å². The summed E-state index contributed by atoms with van der Waals surface area (Å²) in [6.07, 6.45) is 1.66. The lowest BCUT2D eigenvalue weighted by atomic mass is 10.1. The van der Waals surface area contributed by atoms with Crippen molar-refractivity contribution in [1.29, 1.82) is 0 Å². The van der Waals surface area contributed by atoms with Crippen molar-refractivity contribution < 1.29 is 23.8 Å². The number of methoxy groups -OCH3 is 1. The van der Waals surface area contributed by atoms with Gasteiger partial charge in [0, 0.05) is 6.07 Å². The maximum Gasteiger partial charge on any atom is 0.343 e. The third-order valence-electron chi connectivity index (χ3n) is 4.53. The molecule has 0 saturated carbocycles. The summed E-state index contributed by atoms with van der Waals surface area (Å²) in [5.41, 5.74) is 2.72. The van der Waals surface area contributed by atoms with E-state index in [4.69, 9.17) is 14.2 Å². The third kappa shape index (κ3) is 3.89. The van der Waals surface area contributed by atoms with E-state index in [1.807, 2.05) is 37.3 Å². The summed E-state index contributed by atoms with van der Waals surface area (Å²) < 4.78 is 16.3. The van der Waals surface area contributed by atoms with Crippen LogP contribution in [0.4, 0.5) is 0 Å². The minimum absolute atomic E-state index is 0.204. The molecule has 3 aromatic carbocycles. The van der Waals surface area contributed by atoms with E-state index in [1.54, 1.807) is 49.6 Å². The standard InChI is InChI=1S/C24H18O5/c1-15-6-8-17(9-7-15)24(26)28-19-10-11-20-21(14-19)29-22(23(20)25)13-16-4-3-5-18(12-16)27-2/h3-14H,1-2H3/b22-13-. The van der Waals surface area contributed by atoms with Gasteiger partial charge in [0.25, 0.3) is 0 Å². The van der Waals surface area contributed by atoms with Gasteiger partial charge in [0.05, 0.1) is 18.2 Å². The fourth-order valence-corrected chi connectivity index (χ4v) is 2.97. The Morgan fingerprint density at radius 3 is 2.52 bits per heavy atom. The first kappa shape index (κ1) is 18.5. The Kier molecular flexibility index (Phi) is 4.87. The molecular weight excluding hydrogens is 368 g/mol. The molecule has 0 bridgehead atoms. The molecule has 5 nitrogen and oxygen atoms in total. The van der Waals surface area contributed by atoms with E-state index in [2.05, 4.69) is 0 Å². The number of hydrogen-bond acceptors (Lipinski definition) is 5. The fourth-order valence-electron chi connectivity index (χ4n) is 2.97. The molecule has 1 heterocycles. The Hall–Kier alpha value is -3.86. The third-order valence-corrected chi connectivity index (χ3v) is 4.53. The van der Waals surface area contributed by atoms with Gasteiger partial charge in [-0.3, -0.25) is 4.79 Å². The summed E-state index contributed by atoms with van der Waals surface area (Å²) in [4.78, 5) is 24.9. The number of ether oxygens (including phenoxy) is 3. The lowest BCUT2D eigenvalue weighted by Crippen LogP contribution is -2.08. The molecule has 0 radical (unpaired) electrons. The molecule has 0 aliphatic carbocycles. The van der Waals surface area contributed by atoms with Crippen molar-refractivity contribution in [3.8, 4) is 17.2 Å². The lowest BCUT2D eigenvalue weighted by molar-refractivity contribution is 0.0734. The van der Waals surface area contributed by atoms with Crippen molar-refractivity contribution in [1.82, 2.24) is 0 Å². The predicted octanol–water partition coefficient (Wildman–Crippen LogP) is 4.84. The summed E-state index contributed by atoms with van der Waals surface area (Å²) in [6.45, 7) is 1.95. The fraction of sp³-hybridized carbons (Fsp3) is 0.0833. The molecule has 0 aromatic heterocycles. The second-order valence-electron chi connectivity index (χ2n) is 6.63. The van der Waals surface area contributed by atoms with Crippen molar-refractivity contribution in [2.24, 2.45) is 0 Å². The van der Waals surface area contributed by atoms with Gasteiger partial charge in [-0.2, -0.15) is 0 Å². The number of ketones is 1. The number of carbonyl (C=O) groups is 2. The van der Waals surface area contributed by atoms with Crippen LogP contribution in [-0.2, 0) is 0 Å². The number of esters is 1. The van der Waals surface area contributed by atoms with Gasteiger partial charge in [0.1, 0.15) is 17.2 Å². The molecule has 0 spiro atoms. The highest BCUT2D eigenvalue weighted by atomic mass is 16.5. The van der Waals surface area contributed by atoms with Crippen molar-refractivity contribution in [2.45, 2.75) is 6.92 Å². The van der Waals surface area contributed by atoms with Crippen LogP contribution in [0.1, 0.15) is 31.8 Å². The molecule has 0 atom stereocenters. The van der Waals surface area contributed by atoms with Gasteiger partial charge < -0.3 is 14.2 Å². The van der Waals surface area contributed by atoms with E-state index >= 15 is 0 Å². The first-order valence-corrected chi connectivity index (χ1v) is 9.05. The zero-order chi connectivity index (χ0) is 20.4. The largest absolute Gasteiger partial charge is 0.497 e. The second-order valence-corrected chi connectivity index (χ2v) is 6.63. The molecule has 1 aliphatic rings. The van der Waals surface area contributed by atoms with Crippen LogP contribution in [0.25, 0.3) is 6.08 Å². The Bertz CT molecular complexity index is 1130. The highest BCUT2D eigenvalue weighted by Crippen LogP contribution is 2.35. The SMILES string of the molecule is COc1cccc(/C=C2\Oc3cc(OC(=O)c4ccc(C)cc4)ccc3C2=O)c1. The number of allylic oxidation sites excluding steroid dienone is 1. The first-order chi connectivity index (χ1) is 14.0. The maximum absolute atomic E-state index is 12.6. The van der Waals surface area contributed by atoms with Crippen molar-refractivity contribution >= 4 is 17.8 Å². The second kappa shape index (κ2) is 7.64. The molecule has 5 heteroatoms. The predicted molar refractivity (Wildman–Crippen MR) is 109 cm³/mol. The van der Waals surface area contributed by atoms with Crippen molar-refractivity contribution in [2.75, 3.05) is 7.11 Å². The molecule has 1 aliphatic heterocycles. The summed E-state index contributed by atoms with van der Waals surface area (Å²) in [5.74, 6) is 0.867. The average Bonchev–Trinajstić information content (AvgIpc) is 3.03. The van der Waals surface area contributed by atoms with Crippen molar-refractivity contribution in [3.05, 3.63) is 94.7 Å². The molecule has 0 unspecified atom stereocenters. The number of carbonyl (C=O) groups excluding carboxylic acids is 2. The van der Waals surface area contributed by atoms with Gasteiger partial charge in [-0.25, -0.2) is 4.79 Å². The van der Waals surface area contributed by atoms with E-state index in [-0.39, 0.29) is 11.5 Å². The van der Waals surface area contributed by atoms with E-state index in [0.29, 0.717) is 28.4 Å². The number of aryl methyl sites for hydroxylation is 1. The van der Waals surface area contributed by atoms with Crippen LogP contribution in [0.2, 0.25) is 0 Å². The first-order valence-electron chi connectivity index (χ1n) is 9.05. The Morgan fingerprint density at radius 2 is 1.76 bits per heavy atom. The van der Waals surface area contributed by atoms with Gasteiger partial charge in [-0.15, -0.1) is 0 Å². The van der Waals surface area contributed by atoms with Crippen LogP contribution in [-0.4, -0.2) is 18.9 Å².